The number of amides is 2. The number of carbonyl (C=O) groups excluding carboxylic acids is 3. The summed E-state index contributed by atoms with van der Waals surface area (Å²) in [6, 6.07) is 10.6. The van der Waals surface area contributed by atoms with Gasteiger partial charge < -0.3 is 25.4 Å². The molecule has 2 atom stereocenters. The van der Waals surface area contributed by atoms with Gasteiger partial charge in [-0.15, -0.1) is 23.1 Å². The molecule has 3 aliphatic rings. The van der Waals surface area contributed by atoms with E-state index < -0.39 is 29.2 Å². The molecule has 6 rings (SSSR count). The van der Waals surface area contributed by atoms with Crippen molar-refractivity contribution in [3.8, 4) is 5.75 Å². The van der Waals surface area contributed by atoms with Crippen LogP contribution in [-0.4, -0.2) is 64.8 Å². The molecule has 14 heteroatoms. The average molecular weight is 676 g/mol. The molecule has 0 bridgehead atoms. The standard InChI is InChI=1S/C33H34N6O6S2/c1-43-23-13-11-20(12-14-23)17-45-32(42)28-22(7-3-4-15-38-16-6-9-21-8-5-10-25(21)38)18-46-31-27(30(41)39(28)31)36-29(40)26(37-44-2)24-19-47-33(34)35-24/h3-4,6,9,11-14,16,19,27,31H,5,7-8,10,15,17-18H2,1-2H3,(H2-,34,35,36,40)/p+1/b4-3+,37-26-/t27-,31-/m1/s1. The minimum absolute atomic E-state index is 0.0266. The van der Waals surface area contributed by atoms with Gasteiger partial charge in [0.1, 0.15) is 42.3 Å². The maximum atomic E-state index is 13.7. The predicted molar refractivity (Wildman–Crippen MR) is 177 cm³/mol. The van der Waals surface area contributed by atoms with Crippen LogP contribution in [0.3, 0.4) is 0 Å². The van der Waals surface area contributed by atoms with Crippen LogP contribution in [0.25, 0.3) is 0 Å². The van der Waals surface area contributed by atoms with Gasteiger partial charge in [-0.1, -0.05) is 23.4 Å². The number of nitrogens with one attached hydrogen (secondary N) is 1. The molecule has 2 aromatic heterocycles. The zero-order valence-electron chi connectivity index (χ0n) is 26.0. The second kappa shape index (κ2) is 14.4. The highest BCUT2D eigenvalue weighted by Crippen LogP contribution is 2.41. The third-order valence-electron chi connectivity index (χ3n) is 8.19. The molecule has 3 aromatic rings. The van der Waals surface area contributed by atoms with E-state index in [9.17, 15) is 14.4 Å². The number of benzene rings is 1. The minimum Gasteiger partial charge on any atom is -0.497 e. The number of hydrogen-bond acceptors (Lipinski definition) is 11. The first-order chi connectivity index (χ1) is 22.9. The van der Waals surface area contributed by atoms with Crippen molar-refractivity contribution >= 4 is 51.7 Å². The molecule has 12 nitrogen and oxygen atoms in total. The largest absolute Gasteiger partial charge is 0.497 e. The highest BCUT2D eigenvalue weighted by molar-refractivity contribution is 8.00. The number of esters is 1. The number of hydrogen-bond donors (Lipinski definition) is 2. The predicted octanol–water partition coefficient (Wildman–Crippen LogP) is 2.90. The molecule has 0 radical (unpaired) electrons. The van der Waals surface area contributed by atoms with Crippen LogP contribution in [0.15, 0.2) is 76.6 Å². The van der Waals surface area contributed by atoms with Crippen molar-refractivity contribution in [1.29, 1.82) is 0 Å². The van der Waals surface area contributed by atoms with Crippen LogP contribution < -0.4 is 20.4 Å². The second-order valence-corrected chi connectivity index (χ2v) is 13.1. The van der Waals surface area contributed by atoms with E-state index in [2.05, 4.69) is 44.4 Å². The summed E-state index contributed by atoms with van der Waals surface area (Å²) in [4.78, 5) is 50.9. The van der Waals surface area contributed by atoms with Gasteiger partial charge in [0.2, 0.25) is 0 Å². The first-order valence-electron chi connectivity index (χ1n) is 15.1. The summed E-state index contributed by atoms with van der Waals surface area (Å²) in [6.07, 6.45) is 10.0. The first kappa shape index (κ1) is 32.3. The number of fused-ring (bicyclic) bond motifs is 2. The number of aryl methyl sites for hydroxylation is 1. The Bertz CT molecular complexity index is 1770. The van der Waals surface area contributed by atoms with Crippen LogP contribution in [-0.2, 0) is 50.0 Å². The number of nitrogen functional groups attached to an aromatic ring is 1. The van der Waals surface area contributed by atoms with Crippen molar-refractivity contribution in [3.05, 3.63) is 93.9 Å². The van der Waals surface area contributed by atoms with Crippen LogP contribution in [0.2, 0.25) is 0 Å². The van der Waals surface area contributed by atoms with E-state index in [1.54, 1.807) is 24.6 Å². The SMILES string of the molecule is CO/N=C(\C(=O)N[C@@H]1C(=O)N2C(C(=O)OCc3ccc(OC)cc3)=C(C/C=C/C[n+]3cccc4c3CCC4)CS[C@H]12)c1csc(N)n1. The van der Waals surface area contributed by atoms with Crippen LogP contribution in [0.5, 0.6) is 5.75 Å². The molecule has 1 saturated heterocycles. The normalized spacial score (nSPS) is 18.9. The Kier molecular flexibility index (Phi) is 9.87. The lowest BCUT2D eigenvalue weighted by Gasteiger charge is -2.49. The average Bonchev–Trinajstić information content (AvgIpc) is 3.76. The van der Waals surface area contributed by atoms with E-state index in [0.29, 0.717) is 17.9 Å². The number of thiazole rings is 1. The summed E-state index contributed by atoms with van der Waals surface area (Å²) >= 11 is 2.63. The van der Waals surface area contributed by atoms with E-state index in [0.717, 1.165) is 41.9 Å². The van der Waals surface area contributed by atoms with Crippen LogP contribution in [0, 0.1) is 0 Å². The minimum atomic E-state index is -0.886. The number of allylic oxidation sites excluding steroid dienone is 2. The molecule has 3 N–H and O–H groups in total. The molecular weight excluding hydrogens is 641 g/mol. The number of aromatic nitrogens is 2. The maximum Gasteiger partial charge on any atom is 0.355 e. The monoisotopic (exact) mass is 675 g/mol. The zero-order valence-corrected chi connectivity index (χ0v) is 27.6. The molecule has 47 heavy (non-hydrogen) atoms. The summed E-state index contributed by atoms with van der Waals surface area (Å²) in [6.45, 7) is 0.745. The number of carbonyl (C=O) groups is 3. The van der Waals surface area contributed by atoms with Gasteiger partial charge in [-0.2, -0.15) is 4.57 Å². The number of pyridine rings is 1. The van der Waals surface area contributed by atoms with Gasteiger partial charge in [-0.05, 0) is 54.7 Å². The highest BCUT2D eigenvalue weighted by Gasteiger charge is 2.54. The van der Waals surface area contributed by atoms with Gasteiger partial charge in [0.15, 0.2) is 29.3 Å². The lowest BCUT2D eigenvalue weighted by molar-refractivity contribution is -0.694. The van der Waals surface area contributed by atoms with E-state index in [4.69, 9.17) is 20.0 Å². The lowest BCUT2D eigenvalue weighted by Crippen LogP contribution is -2.71. The Labute approximate surface area is 280 Å². The van der Waals surface area contributed by atoms with Crippen LogP contribution in [0.4, 0.5) is 5.13 Å². The number of nitrogens with zero attached hydrogens (tertiary/aromatic N) is 4. The summed E-state index contributed by atoms with van der Waals surface area (Å²) in [7, 11) is 2.89. The van der Waals surface area contributed by atoms with Crippen molar-refractivity contribution in [2.24, 2.45) is 5.16 Å². The third kappa shape index (κ3) is 6.88. The molecule has 244 valence electrons. The fourth-order valence-corrected chi connectivity index (χ4v) is 7.78. The fourth-order valence-electron chi connectivity index (χ4n) is 5.87. The zero-order chi connectivity index (χ0) is 32.9. The molecule has 2 aliphatic heterocycles. The van der Waals surface area contributed by atoms with E-state index in [1.165, 1.54) is 41.4 Å². The molecule has 0 spiro atoms. The number of thioether (sulfide) groups is 1. The van der Waals surface area contributed by atoms with Crippen molar-refractivity contribution in [2.75, 3.05) is 25.7 Å². The number of nitrogens with two attached hydrogens (primary N) is 1. The van der Waals surface area contributed by atoms with Gasteiger partial charge in [-0.3, -0.25) is 14.5 Å². The van der Waals surface area contributed by atoms with Gasteiger partial charge in [0.05, 0.1) is 7.11 Å². The first-order valence-corrected chi connectivity index (χ1v) is 17.1. The lowest BCUT2D eigenvalue weighted by atomic mass is 10.0. The Morgan fingerprint density at radius 2 is 2.02 bits per heavy atom. The van der Waals surface area contributed by atoms with Crippen molar-refractivity contribution in [1.82, 2.24) is 15.2 Å². The van der Waals surface area contributed by atoms with E-state index in [1.807, 2.05) is 18.2 Å². The topological polar surface area (TPSA) is 149 Å². The van der Waals surface area contributed by atoms with Gasteiger partial charge in [-0.25, -0.2) is 9.78 Å². The molecule has 0 saturated carbocycles. The number of rotatable bonds is 12. The van der Waals surface area contributed by atoms with E-state index >= 15 is 0 Å². The molecule has 1 aliphatic carbocycles. The molecule has 1 aromatic carbocycles. The van der Waals surface area contributed by atoms with Crippen LogP contribution >= 0.6 is 23.1 Å². The number of ether oxygens (including phenoxy) is 2. The molecular formula is C33H35N6O6S2+. The Balaban J connectivity index is 1.19. The Hall–Kier alpha value is -4.69. The number of oxime groups is 1. The van der Waals surface area contributed by atoms with Gasteiger partial charge in [0, 0.05) is 29.2 Å². The van der Waals surface area contributed by atoms with Crippen molar-refractivity contribution < 1.29 is 33.3 Å². The summed E-state index contributed by atoms with van der Waals surface area (Å²) in [5.74, 6) is -0.477. The molecule has 4 heterocycles. The molecule has 0 unspecified atom stereocenters. The van der Waals surface area contributed by atoms with Gasteiger partial charge >= 0.3 is 5.97 Å². The van der Waals surface area contributed by atoms with Crippen LogP contribution in [0.1, 0.15) is 35.4 Å². The number of anilines is 1. The van der Waals surface area contributed by atoms with Gasteiger partial charge in [0.25, 0.3) is 11.8 Å². The quantitative estimate of drug-likeness (QED) is 0.0738. The second-order valence-electron chi connectivity index (χ2n) is 11.1. The van der Waals surface area contributed by atoms with E-state index in [-0.39, 0.29) is 28.8 Å². The summed E-state index contributed by atoms with van der Waals surface area (Å²) in [5.41, 5.74) is 10.4. The number of methoxy groups -OCH3 is 1. The Morgan fingerprint density at radius 3 is 2.77 bits per heavy atom. The smallest absolute Gasteiger partial charge is 0.355 e. The summed E-state index contributed by atoms with van der Waals surface area (Å²) < 4.78 is 13.2. The third-order valence-corrected chi connectivity index (χ3v) is 10.2. The molecule has 2 amide bonds. The van der Waals surface area contributed by atoms with Crippen molar-refractivity contribution in [2.45, 2.75) is 50.3 Å². The maximum absolute atomic E-state index is 13.7. The number of β-lactam (4-membered cyclic amide) rings is 1. The molecule has 1 fully saturated rings. The fraction of sp³-hybridized carbons (Fsp3) is 0.333. The van der Waals surface area contributed by atoms with Crippen molar-refractivity contribution in [3.63, 3.8) is 0 Å². The highest BCUT2D eigenvalue weighted by atomic mass is 32.2. The summed E-state index contributed by atoms with van der Waals surface area (Å²) in [5, 5.41) is 7.90. The Morgan fingerprint density at radius 1 is 1.19 bits per heavy atom.